The second-order valence-electron chi connectivity index (χ2n) is 5.47. The summed E-state index contributed by atoms with van der Waals surface area (Å²) >= 11 is 1.59. The van der Waals surface area contributed by atoms with Crippen molar-refractivity contribution in [1.29, 1.82) is 0 Å². The zero-order chi connectivity index (χ0) is 14.0. The first kappa shape index (κ1) is 14.0. The van der Waals surface area contributed by atoms with Gasteiger partial charge in [0.25, 0.3) is 5.91 Å². The maximum Gasteiger partial charge on any atom is 0.261 e. The van der Waals surface area contributed by atoms with E-state index in [1.54, 1.807) is 11.3 Å². The lowest BCUT2D eigenvalue weighted by molar-refractivity contribution is -0.179. The number of hydrogen-bond acceptors (Lipinski definition) is 4. The second-order valence-corrected chi connectivity index (χ2v) is 6.64. The van der Waals surface area contributed by atoms with Gasteiger partial charge in [0, 0.05) is 23.8 Å². The third-order valence-corrected chi connectivity index (χ3v) is 5.36. The first-order valence-electron chi connectivity index (χ1n) is 7.38. The number of carbonyl (C=O) groups excluding carboxylic acids is 1. The minimum Gasteiger partial charge on any atom is -0.349 e. The Labute approximate surface area is 123 Å². The van der Waals surface area contributed by atoms with Crippen LogP contribution in [-0.4, -0.2) is 30.9 Å². The van der Waals surface area contributed by atoms with Crippen molar-refractivity contribution < 1.29 is 14.3 Å². The lowest BCUT2D eigenvalue weighted by atomic mass is 9.90. The van der Waals surface area contributed by atoms with Crippen LogP contribution in [-0.2, 0) is 15.9 Å². The average molecular weight is 295 g/mol. The highest BCUT2D eigenvalue weighted by molar-refractivity contribution is 7.14. The van der Waals surface area contributed by atoms with E-state index in [2.05, 4.69) is 12.2 Å². The van der Waals surface area contributed by atoms with Crippen molar-refractivity contribution in [1.82, 2.24) is 5.32 Å². The molecule has 0 aromatic carbocycles. The maximum absolute atomic E-state index is 12.2. The van der Waals surface area contributed by atoms with Crippen LogP contribution in [0.3, 0.4) is 0 Å². The zero-order valence-electron chi connectivity index (χ0n) is 11.8. The molecule has 1 amide bonds. The van der Waals surface area contributed by atoms with Crippen LogP contribution in [0.2, 0.25) is 0 Å². The van der Waals surface area contributed by atoms with Crippen LogP contribution in [0, 0.1) is 0 Å². The van der Waals surface area contributed by atoms with Crippen molar-refractivity contribution in [3.63, 3.8) is 0 Å². The fourth-order valence-corrected chi connectivity index (χ4v) is 3.78. The Hall–Kier alpha value is -0.910. The van der Waals surface area contributed by atoms with Gasteiger partial charge >= 0.3 is 0 Å². The Morgan fingerprint density at radius 1 is 1.35 bits per heavy atom. The SMILES string of the molecule is CCc1ccc(C(=O)NC2CCC3(CC2)OCCO3)s1. The molecule has 1 aliphatic heterocycles. The third kappa shape index (κ3) is 2.90. The molecule has 1 aliphatic carbocycles. The van der Waals surface area contributed by atoms with Gasteiger partial charge in [0.2, 0.25) is 0 Å². The van der Waals surface area contributed by atoms with Gasteiger partial charge in [-0.3, -0.25) is 4.79 Å². The molecule has 5 heteroatoms. The number of hydrogen-bond donors (Lipinski definition) is 1. The van der Waals surface area contributed by atoms with Gasteiger partial charge in [-0.2, -0.15) is 0 Å². The highest BCUT2D eigenvalue weighted by Crippen LogP contribution is 2.35. The van der Waals surface area contributed by atoms with Crippen LogP contribution in [0.15, 0.2) is 12.1 Å². The molecule has 2 aliphatic rings. The largest absolute Gasteiger partial charge is 0.349 e. The predicted molar refractivity (Wildman–Crippen MR) is 78.1 cm³/mol. The fourth-order valence-electron chi connectivity index (χ4n) is 2.93. The standard InChI is InChI=1S/C15H21NO3S/c1-2-12-3-4-13(20-12)14(17)16-11-5-7-15(8-6-11)18-9-10-19-15/h3-4,11H,2,5-10H2,1H3,(H,16,17). The molecule has 2 heterocycles. The van der Waals surface area contributed by atoms with Crippen LogP contribution in [0.4, 0.5) is 0 Å². The highest BCUT2D eigenvalue weighted by Gasteiger charge is 2.40. The lowest BCUT2D eigenvalue weighted by Gasteiger charge is -2.35. The minimum atomic E-state index is -0.348. The molecule has 1 spiro atoms. The van der Waals surface area contributed by atoms with E-state index in [4.69, 9.17) is 9.47 Å². The number of rotatable bonds is 3. The van der Waals surface area contributed by atoms with Crippen LogP contribution in [0.5, 0.6) is 0 Å². The van der Waals surface area contributed by atoms with Crippen molar-refractivity contribution in [2.45, 2.75) is 50.9 Å². The van der Waals surface area contributed by atoms with E-state index in [0.717, 1.165) is 37.0 Å². The van der Waals surface area contributed by atoms with Gasteiger partial charge in [0.05, 0.1) is 18.1 Å². The van der Waals surface area contributed by atoms with E-state index >= 15 is 0 Å². The summed E-state index contributed by atoms with van der Waals surface area (Å²) in [5.41, 5.74) is 0. The summed E-state index contributed by atoms with van der Waals surface area (Å²) in [6.07, 6.45) is 4.60. The molecule has 2 fully saturated rings. The van der Waals surface area contributed by atoms with E-state index in [-0.39, 0.29) is 17.7 Å². The zero-order valence-corrected chi connectivity index (χ0v) is 12.6. The lowest BCUT2D eigenvalue weighted by Crippen LogP contribution is -2.43. The minimum absolute atomic E-state index is 0.0592. The average Bonchev–Trinajstić information content (AvgIpc) is 3.11. The molecule has 0 atom stereocenters. The molecule has 1 saturated carbocycles. The molecule has 1 aromatic rings. The molecular formula is C15H21NO3S. The Kier molecular flexibility index (Phi) is 4.10. The van der Waals surface area contributed by atoms with Gasteiger partial charge in [-0.1, -0.05) is 6.92 Å². The fraction of sp³-hybridized carbons (Fsp3) is 0.667. The second kappa shape index (κ2) is 5.84. The third-order valence-electron chi connectivity index (χ3n) is 4.13. The first-order valence-corrected chi connectivity index (χ1v) is 8.20. The highest BCUT2D eigenvalue weighted by atomic mass is 32.1. The molecule has 3 rings (SSSR count). The van der Waals surface area contributed by atoms with Crippen molar-refractivity contribution in [2.24, 2.45) is 0 Å². The van der Waals surface area contributed by atoms with Gasteiger partial charge in [-0.05, 0) is 31.4 Å². The van der Waals surface area contributed by atoms with Gasteiger partial charge in [0.1, 0.15) is 0 Å². The van der Waals surface area contributed by atoms with E-state index < -0.39 is 0 Å². The molecule has 20 heavy (non-hydrogen) atoms. The van der Waals surface area contributed by atoms with Gasteiger partial charge < -0.3 is 14.8 Å². The Morgan fingerprint density at radius 2 is 2.05 bits per heavy atom. The summed E-state index contributed by atoms with van der Waals surface area (Å²) in [6.45, 7) is 3.51. The number of aryl methyl sites for hydroxylation is 1. The predicted octanol–water partition coefficient (Wildman–Crippen LogP) is 2.73. The van der Waals surface area contributed by atoms with E-state index in [9.17, 15) is 4.79 Å². The molecule has 0 unspecified atom stereocenters. The van der Waals surface area contributed by atoms with Crippen LogP contribution in [0.25, 0.3) is 0 Å². The monoisotopic (exact) mass is 295 g/mol. The maximum atomic E-state index is 12.2. The number of thiophene rings is 1. The Balaban J connectivity index is 1.52. The van der Waals surface area contributed by atoms with E-state index in [1.165, 1.54) is 4.88 Å². The molecular weight excluding hydrogens is 274 g/mol. The number of nitrogens with one attached hydrogen (secondary N) is 1. The summed E-state index contributed by atoms with van der Waals surface area (Å²) < 4.78 is 11.4. The number of ether oxygens (including phenoxy) is 2. The molecule has 0 bridgehead atoms. The van der Waals surface area contributed by atoms with Gasteiger partial charge in [-0.15, -0.1) is 11.3 Å². The molecule has 0 radical (unpaired) electrons. The van der Waals surface area contributed by atoms with Crippen molar-refractivity contribution in [3.05, 3.63) is 21.9 Å². The van der Waals surface area contributed by atoms with Crippen molar-refractivity contribution >= 4 is 17.2 Å². The van der Waals surface area contributed by atoms with Crippen molar-refractivity contribution in [3.8, 4) is 0 Å². The van der Waals surface area contributed by atoms with Crippen LogP contribution >= 0.6 is 11.3 Å². The molecule has 110 valence electrons. The molecule has 1 N–H and O–H groups in total. The van der Waals surface area contributed by atoms with E-state index in [0.29, 0.717) is 13.2 Å². The van der Waals surface area contributed by atoms with Crippen molar-refractivity contribution in [2.75, 3.05) is 13.2 Å². The smallest absolute Gasteiger partial charge is 0.261 e. The summed E-state index contributed by atoms with van der Waals surface area (Å²) in [7, 11) is 0. The molecule has 1 saturated heterocycles. The quantitative estimate of drug-likeness (QED) is 0.932. The number of carbonyl (C=O) groups is 1. The molecule has 1 aromatic heterocycles. The van der Waals surface area contributed by atoms with E-state index in [1.807, 2.05) is 12.1 Å². The Bertz CT molecular complexity index is 469. The molecule has 4 nitrogen and oxygen atoms in total. The van der Waals surface area contributed by atoms with Crippen LogP contribution in [0.1, 0.15) is 47.2 Å². The number of amides is 1. The Morgan fingerprint density at radius 3 is 2.65 bits per heavy atom. The van der Waals surface area contributed by atoms with Gasteiger partial charge in [-0.25, -0.2) is 0 Å². The van der Waals surface area contributed by atoms with Gasteiger partial charge in [0.15, 0.2) is 5.79 Å². The summed E-state index contributed by atoms with van der Waals surface area (Å²) in [5, 5.41) is 3.14. The summed E-state index contributed by atoms with van der Waals surface area (Å²) in [6, 6.07) is 4.20. The first-order chi connectivity index (χ1) is 9.71. The summed E-state index contributed by atoms with van der Waals surface area (Å²) in [4.78, 5) is 14.3. The topological polar surface area (TPSA) is 47.6 Å². The summed E-state index contributed by atoms with van der Waals surface area (Å²) in [5.74, 6) is -0.289. The van der Waals surface area contributed by atoms with Crippen LogP contribution < -0.4 is 5.32 Å². The normalized spacial score (nSPS) is 22.2.